The highest BCUT2D eigenvalue weighted by Crippen LogP contribution is 2.35. The molecular formula is C14H2F10. The second-order valence-corrected chi connectivity index (χ2v) is 4.37. The molecule has 0 N–H and O–H groups in total. The van der Waals surface area contributed by atoms with E-state index in [4.69, 9.17) is 0 Å². The lowest BCUT2D eigenvalue weighted by Gasteiger charge is -2.13. The zero-order chi connectivity index (χ0) is 18.5. The number of benzene rings is 2. The van der Waals surface area contributed by atoms with Crippen molar-refractivity contribution in [3.8, 4) is 0 Å². The molecule has 2 aromatic carbocycles. The minimum absolute atomic E-state index is 1.62. The molecule has 0 aliphatic rings. The number of rotatable bonds is 2. The second kappa shape index (κ2) is 5.84. The molecule has 0 amide bonds. The smallest absolute Gasteiger partial charge is 0.200 e. The normalized spacial score (nSPS) is 11.1. The van der Waals surface area contributed by atoms with Crippen LogP contribution in [0.25, 0.3) is 5.57 Å². The largest absolute Gasteiger partial charge is 0.203 e. The Morgan fingerprint density at radius 3 is 0.750 bits per heavy atom. The third kappa shape index (κ3) is 2.33. The molecule has 10 heteroatoms. The first kappa shape index (κ1) is 17.8. The van der Waals surface area contributed by atoms with Gasteiger partial charge in [-0.3, -0.25) is 0 Å². The van der Waals surface area contributed by atoms with Crippen LogP contribution in [0.3, 0.4) is 0 Å². The highest BCUT2D eigenvalue weighted by Gasteiger charge is 2.33. The Bertz CT molecular complexity index is 755. The van der Waals surface area contributed by atoms with Crippen LogP contribution < -0.4 is 0 Å². The Morgan fingerprint density at radius 2 is 0.542 bits per heavy atom. The average Bonchev–Trinajstić information content (AvgIpc) is 2.55. The van der Waals surface area contributed by atoms with Crippen LogP contribution in [0.2, 0.25) is 0 Å². The molecule has 2 aromatic rings. The predicted octanol–water partition coefficient (Wildman–Crippen LogP) is 5.14. The fourth-order valence-corrected chi connectivity index (χ4v) is 1.86. The van der Waals surface area contributed by atoms with Gasteiger partial charge in [0, 0.05) is 0 Å². The monoisotopic (exact) mass is 360 g/mol. The van der Waals surface area contributed by atoms with E-state index in [0.29, 0.717) is 0 Å². The fraction of sp³-hybridized carbons (Fsp3) is 0. The Balaban J connectivity index is 2.87. The van der Waals surface area contributed by atoms with E-state index in [0.717, 1.165) is 0 Å². The van der Waals surface area contributed by atoms with Crippen LogP contribution in [0.5, 0.6) is 0 Å². The molecule has 0 bridgehead atoms. The van der Waals surface area contributed by atoms with Gasteiger partial charge in [-0.15, -0.1) is 0 Å². The van der Waals surface area contributed by atoms with Crippen molar-refractivity contribution < 1.29 is 43.9 Å². The zero-order valence-electron chi connectivity index (χ0n) is 11.0. The molecule has 0 aromatic heterocycles. The fourth-order valence-electron chi connectivity index (χ4n) is 1.86. The molecule has 0 atom stereocenters. The van der Waals surface area contributed by atoms with Crippen LogP contribution in [0.15, 0.2) is 6.58 Å². The van der Waals surface area contributed by atoms with Gasteiger partial charge in [-0.1, -0.05) is 6.58 Å². The van der Waals surface area contributed by atoms with Gasteiger partial charge in [-0.25, -0.2) is 43.9 Å². The molecule has 0 saturated heterocycles. The first-order valence-corrected chi connectivity index (χ1v) is 5.74. The quantitative estimate of drug-likeness (QED) is 0.395. The average molecular weight is 360 g/mol. The first-order chi connectivity index (χ1) is 11.0. The van der Waals surface area contributed by atoms with Crippen LogP contribution in [-0.4, -0.2) is 0 Å². The topological polar surface area (TPSA) is 0 Å². The molecule has 0 heterocycles. The molecule has 0 aliphatic carbocycles. The summed E-state index contributed by atoms with van der Waals surface area (Å²) in [6, 6.07) is 0. The van der Waals surface area contributed by atoms with Gasteiger partial charge in [-0.05, 0) is 5.57 Å². The second-order valence-electron chi connectivity index (χ2n) is 4.37. The molecular weight excluding hydrogens is 358 g/mol. The standard InChI is InChI=1S/C14H2F10/c1-2(3-5(15)9(19)13(23)10(20)6(3)16)4-7(17)11(21)14(24)12(22)8(4)18/h1H2. The highest BCUT2D eigenvalue weighted by molar-refractivity contribution is 5.79. The molecule has 0 saturated carbocycles. The summed E-state index contributed by atoms with van der Waals surface area (Å²) >= 11 is 0. The molecule has 0 nitrogen and oxygen atoms in total. The molecule has 2 rings (SSSR count). The van der Waals surface area contributed by atoms with Crippen molar-refractivity contribution in [3.63, 3.8) is 0 Å². The molecule has 24 heavy (non-hydrogen) atoms. The molecule has 0 unspecified atom stereocenters. The lowest BCUT2D eigenvalue weighted by Crippen LogP contribution is -2.11. The van der Waals surface area contributed by atoms with Crippen molar-refractivity contribution in [3.05, 3.63) is 75.9 Å². The maximum absolute atomic E-state index is 13.6. The van der Waals surface area contributed by atoms with E-state index in [1.807, 2.05) is 0 Å². The molecule has 0 fully saturated rings. The van der Waals surface area contributed by atoms with Crippen molar-refractivity contribution in [1.82, 2.24) is 0 Å². The lowest BCUT2D eigenvalue weighted by atomic mass is 9.96. The van der Waals surface area contributed by atoms with Crippen molar-refractivity contribution in [2.45, 2.75) is 0 Å². The van der Waals surface area contributed by atoms with Crippen molar-refractivity contribution in [2.75, 3.05) is 0 Å². The third-order valence-electron chi connectivity index (χ3n) is 3.02. The zero-order valence-corrected chi connectivity index (χ0v) is 11.0. The summed E-state index contributed by atoms with van der Waals surface area (Å²) in [5.74, 6) is -25.2. The molecule has 0 radical (unpaired) electrons. The van der Waals surface area contributed by atoms with E-state index >= 15 is 0 Å². The summed E-state index contributed by atoms with van der Waals surface area (Å²) in [6.45, 7) is 2.69. The maximum atomic E-state index is 13.6. The highest BCUT2D eigenvalue weighted by atomic mass is 19.2. The molecule has 0 aliphatic heterocycles. The van der Waals surface area contributed by atoms with Gasteiger partial charge in [-0.2, -0.15) is 0 Å². The van der Waals surface area contributed by atoms with Gasteiger partial charge in [0.25, 0.3) is 0 Å². The van der Waals surface area contributed by atoms with Crippen LogP contribution in [0, 0.1) is 58.2 Å². The Hall–Kier alpha value is -2.52. The van der Waals surface area contributed by atoms with Crippen LogP contribution in [0.4, 0.5) is 43.9 Å². The summed E-state index contributed by atoms with van der Waals surface area (Å²) in [6.07, 6.45) is 0. The summed E-state index contributed by atoms with van der Waals surface area (Å²) in [5, 5.41) is 0. The van der Waals surface area contributed by atoms with E-state index in [2.05, 4.69) is 6.58 Å². The molecule has 0 spiro atoms. The van der Waals surface area contributed by atoms with Crippen LogP contribution in [-0.2, 0) is 0 Å². The number of halogens is 10. The Morgan fingerprint density at radius 1 is 0.375 bits per heavy atom. The van der Waals surface area contributed by atoms with Gasteiger partial charge in [0.2, 0.25) is 11.6 Å². The summed E-state index contributed by atoms with van der Waals surface area (Å²) < 4.78 is 133. The van der Waals surface area contributed by atoms with Crippen LogP contribution >= 0.6 is 0 Å². The Labute approximate surface area is 126 Å². The van der Waals surface area contributed by atoms with E-state index in [1.54, 1.807) is 0 Å². The summed E-state index contributed by atoms with van der Waals surface area (Å²) in [7, 11) is 0. The van der Waals surface area contributed by atoms with E-state index in [9.17, 15) is 43.9 Å². The van der Waals surface area contributed by atoms with E-state index in [1.165, 1.54) is 0 Å². The van der Waals surface area contributed by atoms with Crippen molar-refractivity contribution in [1.29, 1.82) is 0 Å². The summed E-state index contributed by atoms with van der Waals surface area (Å²) in [4.78, 5) is 0. The van der Waals surface area contributed by atoms with Gasteiger partial charge < -0.3 is 0 Å². The van der Waals surface area contributed by atoms with Gasteiger partial charge in [0.15, 0.2) is 46.5 Å². The maximum Gasteiger partial charge on any atom is 0.200 e. The van der Waals surface area contributed by atoms with Crippen LogP contribution in [0.1, 0.15) is 11.1 Å². The van der Waals surface area contributed by atoms with E-state index in [-0.39, 0.29) is 0 Å². The molecule has 128 valence electrons. The van der Waals surface area contributed by atoms with Gasteiger partial charge >= 0.3 is 0 Å². The third-order valence-corrected chi connectivity index (χ3v) is 3.02. The number of hydrogen-bond acceptors (Lipinski definition) is 0. The number of hydrogen-bond donors (Lipinski definition) is 0. The van der Waals surface area contributed by atoms with Gasteiger partial charge in [0.1, 0.15) is 0 Å². The van der Waals surface area contributed by atoms with E-state index < -0.39 is 74.9 Å². The Kier molecular flexibility index (Phi) is 4.34. The first-order valence-electron chi connectivity index (χ1n) is 5.74. The minimum Gasteiger partial charge on any atom is -0.203 e. The minimum atomic E-state index is -2.57. The lowest BCUT2D eigenvalue weighted by molar-refractivity contribution is 0.372. The van der Waals surface area contributed by atoms with Crippen molar-refractivity contribution in [2.24, 2.45) is 0 Å². The SMILES string of the molecule is C=C(c1c(F)c(F)c(F)c(F)c1F)c1c(F)c(F)c(F)c(F)c1F. The predicted molar refractivity (Wildman–Crippen MR) is 60.6 cm³/mol. The van der Waals surface area contributed by atoms with Gasteiger partial charge in [0.05, 0.1) is 11.1 Å². The summed E-state index contributed by atoms with van der Waals surface area (Å²) in [5.41, 5.74) is -5.46. The van der Waals surface area contributed by atoms with Crippen molar-refractivity contribution >= 4 is 5.57 Å².